The highest BCUT2D eigenvalue weighted by molar-refractivity contribution is 6.31. The molecular weight excluding hydrogens is 342 g/mol. The van der Waals surface area contributed by atoms with Gasteiger partial charge in [-0.15, -0.1) is 0 Å². The van der Waals surface area contributed by atoms with Crippen LogP contribution in [0.2, 0.25) is 5.02 Å². The first-order chi connectivity index (χ1) is 12.6. The van der Waals surface area contributed by atoms with Crippen LogP contribution >= 0.6 is 11.6 Å². The van der Waals surface area contributed by atoms with Gasteiger partial charge in [-0.25, -0.2) is 0 Å². The number of nitrogens with one attached hydrogen (secondary N) is 1. The summed E-state index contributed by atoms with van der Waals surface area (Å²) in [7, 11) is 0. The zero-order chi connectivity index (χ0) is 18.1. The number of H-pyrrole nitrogens is 1. The molecule has 2 heterocycles. The van der Waals surface area contributed by atoms with Gasteiger partial charge in [-0.3, -0.25) is 4.90 Å². The number of nitrogens with zero attached hydrogens (tertiary/aromatic N) is 1. The lowest BCUT2D eigenvalue weighted by molar-refractivity contribution is 0.305. The van der Waals surface area contributed by atoms with E-state index in [0.29, 0.717) is 0 Å². The number of halogens is 1. The van der Waals surface area contributed by atoms with Gasteiger partial charge in [-0.05, 0) is 60.7 Å². The number of aromatic nitrogens is 1. The topological polar surface area (TPSA) is 45.0 Å². The molecule has 26 heavy (non-hydrogen) atoms. The van der Waals surface area contributed by atoms with E-state index in [-0.39, 0.29) is 0 Å². The first-order valence-corrected chi connectivity index (χ1v) is 9.51. The number of nitrogen functional groups attached to an aromatic ring is 1. The lowest BCUT2D eigenvalue weighted by Gasteiger charge is -2.26. The van der Waals surface area contributed by atoms with Crippen molar-refractivity contribution in [2.24, 2.45) is 0 Å². The van der Waals surface area contributed by atoms with E-state index < -0.39 is 0 Å². The van der Waals surface area contributed by atoms with E-state index in [4.69, 9.17) is 17.3 Å². The number of anilines is 1. The highest BCUT2D eigenvalue weighted by atomic mass is 35.5. The number of hydrogen-bond donors (Lipinski definition) is 2. The summed E-state index contributed by atoms with van der Waals surface area (Å²) in [4.78, 5) is 5.86. The first kappa shape index (κ1) is 17.2. The molecule has 0 aliphatic carbocycles. The van der Waals surface area contributed by atoms with Crippen LogP contribution < -0.4 is 5.73 Å². The number of benzene rings is 2. The Balaban J connectivity index is 1.44. The molecule has 1 aliphatic heterocycles. The molecule has 0 unspecified atom stereocenters. The van der Waals surface area contributed by atoms with E-state index >= 15 is 0 Å². The summed E-state index contributed by atoms with van der Waals surface area (Å²) in [6.07, 6.45) is 6.60. The van der Waals surface area contributed by atoms with Crippen LogP contribution in [0.25, 0.3) is 16.5 Å². The van der Waals surface area contributed by atoms with E-state index in [1.54, 1.807) is 0 Å². The molecule has 0 saturated heterocycles. The smallest absolute Gasteiger partial charge is 0.0475 e. The van der Waals surface area contributed by atoms with E-state index in [1.165, 1.54) is 27.6 Å². The van der Waals surface area contributed by atoms with Crippen LogP contribution in [0.4, 0.5) is 5.69 Å². The van der Waals surface area contributed by atoms with Crippen LogP contribution in [0.15, 0.2) is 48.7 Å². The van der Waals surface area contributed by atoms with E-state index in [9.17, 15) is 0 Å². The number of aromatic amines is 1. The van der Waals surface area contributed by atoms with Gasteiger partial charge < -0.3 is 10.7 Å². The van der Waals surface area contributed by atoms with Gasteiger partial charge in [-0.1, -0.05) is 29.8 Å². The quantitative estimate of drug-likeness (QED) is 0.636. The van der Waals surface area contributed by atoms with Gasteiger partial charge in [0.2, 0.25) is 0 Å². The van der Waals surface area contributed by atoms with Crippen molar-refractivity contribution in [2.45, 2.75) is 19.8 Å². The normalized spacial score (nSPS) is 15.4. The highest BCUT2D eigenvalue weighted by Crippen LogP contribution is 2.30. The summed E-state index contributed by atoms with van der Waals surface area (Å²) < 4.78 is 0. The molecule has 1 aromatic heterocycles. The van der Waals surface area contributed by atoms with Gasteiger partial charge in [0.1, 0.15) is 0 Å². The molecule has 0 radical (unpaired) electrons. The largest absolute Gasteiger partial charge is 0.399 e. The Hall–Kier alpha value is -2.23. The Morgan fingerprint density at radius 1 is 1.19 bits per heavy atom. The minimum atomic E-state index is 0.770. The second-order valence-corrected chi connectivity index (χ2v) is 7.54. The third kappa shape index (κ3) is 3.50. The molecule has 134 valence electrons. The van der Waals surface area contributed by atoms with Gasteiger partial charge in [0.05, 0.1) is 0 Å². The van der Waals surface area contributed by atoms with Crippen LogP contribution in [0.5, 0.6) is 0 Å². The molecule has 0 amide bonds. The SMILES string of the molecule is Cc1ccc(N)cc1CCN1CC=C(c2c[nH]c3cc(Cl)ccc23)CC1. The summed E-state index contributed by atoms with van der Waals surface area (Å²) in [5.74, 6) is 0. The fourth-order valence-electron chi connectivity index (χ4n) is 3.76. The monoisotopic (exact) mass is 365 g/mol. The van der Waals surface area contributed by atoms with Gasteiger partial charge in [0.15, 0.2) is 0 Å². The van der Waals surface area contributed by atoms with Crippen molar-refractivity contribution < 1.29 is 0 Å². The zero-order valence-electron chi connectivity index (χ0n) is 15.1. The Morgan fingerprint density at radius 2 is 2.08 bits per heavy atom. The lowest BCUT2D eigenvalue weighted by Crippen LogP contribution is -2.30. The Morgan fingerprint density at radius 3 is 2.88 bits per heavy atom. The summed E-state index contributed by atoms with van der Waals surface area (Å²) >= 11 is 6.09. The molecule has 3 aromatic rings. The molecule has 3 nitrogen and oxygen atoms in total. The number of fused-ring (bicyclic) bond motifs is 1. The second kappa shape index (κ2) is 7.18. The van der Waals surface area contributed by atoms with Crippen molar-refractivity contribution in [1.29, 1.82) is 0 Å². The molecule has 4 heteroatoms. The number of aryl methyl sites for hydroxylation is 1. The van der Waals surface area contributed by atoms with E-state index in [0.717, 1.165) is 48.7 Å². The standard InChI is InChI=1S/C22H24ClN3/c1-15-2-4-19(24)12-17(15)8-11-26-9-6-16(7-10-26)21-14-25-22-13-18(23)3-5-20(21)22/h2-6,12-14,25H,7-11,24H2,1H3. The van der Waals surface area contributed by atoms with Crippen molar-refractivity contribution in [2.75, 3.05) is 25.4 Å². The fraction of sp³-hybridized carbons (Fsp3) is 0.273. The second-order valence-electron chi connectivity index (χ2n) is 7.11. The molecule has 3 N–H and O–H groups in total. The van der Waals surface area contributed by atoms with E-state index in [2.05, 4.69) is 47.3 Å². The number of nitrogens with two attached hydrogens (primary N) is 1. The van der Waals surface area contributed by atoms with Crippen molar-refractivity contribution in [1.82, 2.24) is 9.88 Å². The van der Waals surface area contributed by atoms with Gasteiger partial charge in [0, 0.05) is 53.0 Å². The minimum Gasteiger partial charge on any atom is -0.399 e. The third-order valence-electron chi connectivity index (χ3n) is 5.35. The predicted molar refractivity (Wildman–Crippen MR) is 112 cm³/mol. The van der Waals surface area contributed by atoms with Crippen molar-refractivity contribution >= 4 is 33.8 Å². The summed E-state index contributed by atoms with van der Waals surface area (Å²) in [5, 5.41) is 2.02. The van der Waals surface area contributed by atoms with Crippen LogP contribution in [0, 0.1) is 6.92 Å². The summed E-state index contributed by atoms with van der Waals surface area (Å²) in [5.41, 5.74) is 13.3. The minimum absolute atomic E-state index is 0.770. The summed E-state index contributed by atoms with van der Waals surface area (Å²) in [6.45, 7) is 5.31. The van der Waals surface area contributed by atoms with Gasteiger partial charge in [0.25, 0.3) is 0 Å². The van der Waals surface area contributed by atoms with Crippen molar-refractivity contribution in [3.05, 3.63) is 70.4 Å². The van der Waals surface area contributed by atoms with Crippen LogP contribution in [-0.2, 0) is 6.42 Å². The van der Waals surface area contributed by atoms with Crippen molar-refractivity contribution in [3.63, 3.8) is 0 Å². The molecule has 4 rings (SSSR count). The van der Waals surface area contributed by atoms with Crippen LogP contribution in [0.3, 0.4) is 0 Å². The highest BCUT2D eigenvalue weighted by Gasteiger charge is 2.16. The van der Waals surface area contributed by atoms with Crippen molar-refractivity contribution in [3.8, 4) is 0 Å². The molecule has 0 bridgehead atoms. The zero-order valence-corrected chi connectivity index (χ0v) is 15.8. The Bertz CT molecular complexity index is 971. The van der Waals surface area contributed by atoms with Crippen LogP contribution in [-0.4, -0.2) is 29.5 Å². The molecule has 0 atom stereocenters. The Labute approximate surface area is 159 Å². The Kier molecular flexibility index (Phi) is 4.75. The molecular formula is C22H24ClN3. The molecule has 2 aromatic carbocycles. The third-order valence-corrected chi connectivity index (χ3v) is 5.59. The first-order valence-electron chi connectivity index (χ1n) is 9.13. The fourth-order valence-corrected chi connectivity index (χ4v) is 3.93. The summed E-state index contributed by atoms with van der Waals surface area (Å²) in [6, 6.07) is 12.3. The molecule has 1 aliphatic rings. The molecule has 0 spiro atoms. The maximum atomic E-state index is 6.09. The van der Waals surface area contributed by atoms with Crippen LogP contribution in [0.1, 0.15) is 23.1 Å². The maximum Gasteiger partial charge on any atom is 0.0475 e. The van der Waals surface area contributed by atoms with Gasteiger partial charge in [-0.2, -0.15) is 0 Å². The lowest BCUT2D eigenvalue weighted by atomic mass is 9.98. The average Bonchev–Trinajstić information content (AvgIpc) is 3.06. The van der Waals surface area contributed by atoms with Gasteiger partial charge >= 0.3 is 0 Å². The van der Waals surface area contributed by atoms with E-state index in [1.807, 2.05) is 18.2 Å². The average molecular weight is 366 g/mol. The predicted octanol–water partition coefficient (Wildman–Crippen LogP) is 5.04. The maximum absolute atomic E-state index is 6.09. The molecule has 0 fully saturated rings. The number of hydrogen-bond acceptors (Lipinski definition) is 2. The molecule has 0 saturated carbocycles. The number of rotatable bonds is 4.